The topological polar surface area (TPSA) is 21.3 Å². The molecule has 0 radical (unpaired) electrons. The van der Waals surface area contributed by atoms with Crippen LogP contribution < -0.4 is 10.1 Å². The summed E-state index contributed by atoms with van der Waals surface area (Å²) in [7, 11) is 0. The SMILES string of the molecule is CC#CCCOc1ccc2c(c1)CCCC2NCC. The van der Waals surface area contributed by atoms with Gasteiger partial charge in [-0.05, 0) is 56.0 Å². The summed E-state index contributed by atoms with van der Waals surface area (Å²) < 4.78 is 5.75. The van der Waals surface area contributed by atoms with E-state index in [9.17, 15) is 0 Å². The first-order valence-corrected chi connectivity index (χ1v) is 7.23. The molecule has 102 valence electrons. The van der Waals surface area contributed by atoms with Crippen LogP contribution in [0.5, 0.6) is 5.75 Å². The summed E-state index contributed by atoms with van der Waals surface area (Å²) in [6.45, 7) is 5.73. The standard InChI is InChI=1S/C17H23NO/c1-3-5-6-12-19-15-10-11-16-14(13-15)8-7-9-17(16)18-4-2/h10-11,13,17-18H,4,6-9,12H2,1-2H3. The molecule has 1 aliphatic rings. The van der Waals surface area contributed by atoms with Gasteiger partial charge in [0.05, 0.1) is 6.61 Å². The molecule has 0 heterocycles. The molecular weight excluding hydrogens is 234 g/mol. The van der Waals surface area contributed by atoms with E-state index in [2.05, 4.69) is 42.3 Å². The number of hydrogen-bond acceptors (Lipinski definition) is 2. The van der Waals surface area contributed by atoms with Gasteiger partial charge in [-0.3, -0.25) is 0 Å². The van der Waals surface area contributed by atoms with E-state index < -0.39 is 0 Å². The molecule has 0 amide bonds. The zero-order valence-electron chi connectivity index (χ0n) is 12.0. The van der Waals surface area contributed by atoms with Crippen molar-refractivity contribution in [3.8, 4) is 17.6 Å². The van der Waals surface area contributed by atoms with E-state index in [0.29, 0.717) is 12.6 Å². The molecule has 1 aromatic carbocycles. The van der Waals surface area contributed by atoms with Gasteiger partial charge in [-0.15, -0.1) is 11.8 Å². The molecule has 19 heavy (non-hydrogen) atoms. The molecule has 2 rings (SSSR count). The van der Waals surface area contributed by atoms with Crippen molar-refractivity contribution in [3.05, 3.63) is 29.3 Å². The maximum absolute atomic E-state index is 5.75. The van der Waals surface area contributed by atoms with Crippen LogP contribution in [0.1, 0.15) is 50.3 Å². The van der Waals surface area contributed by atoms with Crippen molar-refractivity contribution >= 4 is 0 Å². The first-order valence-electron chi connectivity index (χ1n) is 7.23. The third-order valence-corrected chi connectivity index (χ3v) is 3.55. The van der Waals surface area contributed by atoms with Crippen molar-refractivity contribution in [1.82, 2.24) is 5.32 Å². The summed E-state index contributed by atoms with van der Waals surface area (Å²) in [5.41, 5.74) is 2.89. The van der Waals surface area contributed by atoms with Crippen LogP contribution >= 0.6 is 0 Å². The molecule has 0 bridgehead atoms. The maximum Gasteiger partial charge on any atom is 0.119 e. The molecule has 1 atom stereocenters. The minimum absolute atomic E-state index is 0.522. The highest BCUT2D eigenvalue weighted by Gasteiger charge is 2.19. The molecule has 1 N–H and O–H groups in total. The van der Waals surface area contributed by atoms with Crippen LogP contribution in [0.15, 0.2) is 18.2 Å². The molecule has 0 aliphatic heterocycles. The van der Waals surface area contributed by atoms with Gasteiger partial charge >= 0.3 is 0 Å². The summed E-state index contributed by atoms with van der Waals surface area (Å²) in [4.78, 5) is 0. The molecule has 0 saturated heterocycles. The molecule has 2 nitrogen and oxygen atoms in total. The number of nitrogens with one attached hydrogen (secondary N) is 1. The lowest BCUT2D eigenvalue weighted by atomic mass is 9.87. The number of aryl methyl sites for hydroxylation is 1. The van der Waals surface area contributed by atoms with Crippen LogP contribution in [-0.2, 0) is 6.42 Å². The van der Waals surface area contributed by atoms with Gasteiger partial charge in [-0.25, -0.2) is 0 Å². The fourth-order valence-electron chi connectivity index (χ4n) is 2.68. The van der Waals surface area contributed by atoms with Gasteiger partial charge in [-0.1, -0.05) is 13.0 Å². The van der Waals surface area contributed by atoms with Crippen LogP contribution in [0.25, 0.3) is 0 Å². The second kappa shape index (κ2) is 7.21. The Bertz CT molecular complexity index is 470. The summed E-state index contributed by atoms with van der Waals surface area (Å²) >= 11 is 0. The molecule has 0 fully saturated rings. The third-order valence-electron chi connectivity index (χ3n) is 3.55. The van der Waals surface area contributed by atoms with Crippen molar-refractivity contribution in [2.75, 3.05) is 13.2 Å². The Balaban J connectivity index is 2.03. The Morgan fingerprint density at radius 2 is 2.32 bits per heavy atom. The number of ether oxygens (including phenoxy) is 1. The third kappa shape index (κ3) is 3.75. The number of benzene rings is 1. The molecule has 0 saturated carbocycles. The smallest absolute Gasteiger partial charge is 0.119 e. The number of fused-ring (bicyclic) bond motifs is 1. The Labute approximate surface area is 116 Å². The number of hydrogen-bond donors (Lipinski definition) is 1. The zero-order chi connectivity index (χ0) is 13.5. The minimum Gasteiger partial charge on any atom is -0.493 e. The van der Waals surface area contributed by atoms with Crippen LogP contribution in [0.3, 0.4) is 0 Å². The average Bonchev–Trinajstić information content (AvgIpc) is 2.44. The first kappa shape index (κ1) is 14.0. The van der Waals surface area contributed by atoms with E-state index >= 15 is 0 Å². The lowest BCUT2D eigenvalue weighted by Crippen LogP contribution is -2.24. The Hall–Kier alpha value is -1.46. The lowest BCUT2D eigenvalue weighted by Gasteiger charge is -2.26. The van der Waals surface area contributed by atoms with Crippen molar-refractivity contribution in [3.63, 3.8) is 0 Å². The van der Waals surface area contributed by atoms with Gasteiger partial charge in [0.2, 0.25) is 0 Å². The van der Waals surface area contributed by atoms with Crippen molar-refractivity contribution in [2.24, 2.45) is 0 Å². The van der Waals surface area contributed by atoms with E-state index in [0.717, 1.165) is 18.7 Å². The molecule has 2 heteroatoms. The van der Waals surface area contributed by atoms with E-state index in [-0.39, 0.29) is 0 Å². The predicted octanol–water partition coefficient (Wildman–Crippen LogP) is 3.47. The van der Waals surface area contributed by atoms with Gasteiger partial charge in [0.25, 0.3) is 0 Å². The van der Waals surface area contributed by atoms with E-state index in [1.807, 2.05) is 6.92 Å². The normalized spacial score (nSPS) is 17.3. The predicted molar refractivity (Wildman–Crippen MR) is 79.4 cm³/mol. The van der Waals surface area contributed by atoms with Gasteiger partial charge in [0.1, 0.15) is 5.75 Å². The largest absolute Gasteiger partial charge is 0.493 e. The zero-order valence-corrected chi connectivity index (χ0v) is 12.0. The van der Waals surface area contributed by atoms with Crippen LogP contribution in [0.2, 0.25) is 0 Å². The molecule has 1 aliphatic carbocycles. The van der Waals surface area contributed by atoms with Crippen molar-refractivity contribution in [1.29, 1.82) is 0 Å². The Morgan fingerprint density at radius 3 is 3.11 bits per heavy atom. The highest BCUT2D eigenvalue weighted by atomic mass is 16.5. The maximum atomic E-state index is 5.75. The van der Waals surface area contributed by atoms with Gasteiger partial charge < -0.3 is 10.1 Å². The fourth-order valence-corrected chi connectivity index (χ4v) is 2.68. The van der Waals surface area contributed by atoms with Gasteiger partial charge in [0, 0.05) is 12.5 Å². The number of rotatable bonds is 5. The second-order valence-corrected chi connectivity index (χ2v) is 4.89. The van der Waals surface area contributed by atoms with Crippen LogP contribution in [0.4, 0.5) is 0 Å². The molecule has 0 spiro atoms. The second-order valence-electron chi connectivity index (χ2n) is 4.89. The molecular formula is C17H23NO. The van der Waals surface area contributed by atoms with Crippen molar-refractivity contribution in [2.45, 2.75) is 45.6 Å². The fraction of sp³-hybridized carbons (Fsp3) is 0.529. The Kier molecular flexibility index (Phi) is 5.30. The lowest BCUT2D eigenvalue weighted by molar-refractivity contribution is 0.326. The van der Waals surface area contributed by atoms with Crippen molar-refractivity contribution < 1.29 is 4.74 Å². The monoisotopic (exact) mass is 257 g/mol. The quantitative estimate of drug-likeness (QED) is 0.644. The molecule has 0 aromatic heterocycles. The average molecular weight is 257 g/mol. The highest BCUT2D eigenvalue weighted by Crippen LogP contribution is 2.32. The van der Waals surface area contributed by atoms with Crippen LogP contribution in [0, 0.1) is 11.8 Å². The minimum atomic E-state index is 0.522. The first-order chi connectivity index (χ1) is 9.35. The summed E-state index contributed by atoms with van der Waals surface area (Å²) in [5, 5.41) is 3.56. The summed E-state index contributed by atoms with van der Waals surface area (Å²) in [5.74, 6) is 6.89. The van der Waals surface area contributed by atoms with Gasteiger partial charge in [-0.2, -0.15) is 0 Å². The highest BCUT2D eigenvalue weighted by molar-refractivity contribution is 5.39. The van der Waals surface area contributed by atoms with Crippen LogP contribution in [-0.4, -0.2) is 13.2 Å². The molecule has 1 aromatic rings. The Morgan fingerprint density at radius 1 is 1.42 bits per heavy atom. The van der Waals surface area contributed by atoms with E-state index in [1.165, 1.54) is 30.4 Å². The van der Waals surface area contributed by atoms with Gasteiger partial charge in [0.15, 0.2) is 0 Å². The summed E-state index contributed by atoms with van der Waals surface area (Å²) in [6.07, 6.45) is 4.47. The van der Waals surface area contributed by atoms with E-state index in [1.54, 1.807) is 0 Å². The van der Waals surface area contributed by atoms with E-state index in [4.69, 9.17) is 4.74 Å². The summed E-state index contributed by atoms with van der Waals surface area (Å²) in [6, 6.07) is 7.04. The molecule has 1 unspecified atom stereocenters.